The van der Waals surface area contributed by atoms with Crippen molar-refractivity contribution >= 4 is 18.7 Å². The Kier molecular flexibility index (Phi) is 5.12. The van der Waals surface area contributed by atoms with Gasteiger partial charge < -0.3 is 4.80 Å². The summed E-state index contributed by atoms with van der Waals surface area (Å²) in [6.07, 6.45) is 6.93. The molecule has 1 N–H and O–H groups in total. The van der Waals surface area contributed by atoms with Gasteiger partial charge in [-0.05, 0) is 41.6 Å². The predicted molar refractivity (Wildman–Crippen MR) is 110 cm³/mol. The summed E-state index contributed by atoms with van der Waals surface area (Å²) in [6.45, 7) is 8.65. The summed E-state index contributed by atoms with van der Waals surface area (Å²) in [7, 11) is -2.96. The minimum absolute atomic E-state index is 0.328. The molecule has 130 valence electrons. The lowest BCUT2D eigenvalue weighted by Crippen LogP contribution is -2.65. The summed E-state index contributed by atoms with van der Waals surface area (Å²) in [5.41, 5.74) is 2.59. The Morgan fingerprint density at radius 1 is 0.880 bits per heavy atom. The Hall–Kier alpha value is -1.90. The highest BCUT2D eigenvalue weighted by molar-refractivity contribution is 6.99. The molecule has 1 fully saturated rings. The fourth-order valence-corrected chi connectivity index (χ4v) is 7.53. The van der Waals surface area contributed by atoms with Crippen molar-refractivity contribution in [1.82, 2.24) is 0 Å². The van der Waals surface area contributed by atoms with Crippen molar-refractivity contribution in [2.45, 2.75) is 44.6 Å². The third-order valence-corrected chi connectivity index (χ3v) is 9.83. The van der Waals surface area contributed by atoms with Gasteiger partial charge in [-0.1, -0.05) is 92.7 Å². The van der Waals surface area contributed by atoms with Gasteiger partial charge in [0.25, 0.3) is 8.32 Å². The van der Waals surface area contributed by atoms with Gasteiger partial charge >= 0.3 is 0 Å². The Labute approximate surface area is 152 Å². The van der Waals surface area contributed by atoms with Gasteiger partial charge in [-0.3, -0.25) is 0 Å². The molecule has 1 saturated carbocycles. The standard InChI is InChI=1S/C23H28OSi/c1-19-12-10-11-13-20(19)18-23(2,3)25(24,21-14-6-4-7-15-21)22-16-8-5-9-17-22/h4-9,14-18,24H,1,10-13H2,2-3H3/b20-18+. The van der Waals surface area contributed by atoms with E-state index in [4.69, 9.17) is 0 Å². The number of benzene rings is 2. The SMILES string of the molecule is C=C1CCCC/C1=C\C(C)(C)[Si](O)(c1ccccc1)c1ccccc1. The van der Waals surface area contributed by atoms with Crippen LogP contribution >= 0.6 is 0 Å². The van der Waals surface area contributed by atoms with Crippen LogP contribution in [0, 0.1) is 0 Å². The maximum atomic E-state index is 12.2. The van der Waals surface area contributed by atoms with Crippen molar-refractivity contribution in [2.24, 2.45) is 0 Å². The first-order chi connectivity index (χ1) is 11.9. The van der Waals surface area contributed by atoms with Gasteiger partial charge in [-0.2, -0.15) is 0 Å². The molecule has 25 heavy (non-hydrogen) atoms. The van der Waals surface area contributed by atoms with Crippen molar-refractivity contribution in [3.05, 3.63) is 84.5 Å². The van der Waals surface area contributed by atoms with E-state index in [2.05, 4.69) is 50.8 Å². The zero-order chi connectivity index (χ0) is 17.9. The Morgan fingerprint density at radius 3 is 1.84 bits per heavy atom. The van der Waals surface area contributed by atoms with Gasteiger partial charge in [0, 0.05) is 5.04 Å². The first-order valence-electron chi connectivity index (χ1n) is 9.18. The van der Waals surface area contributed by atoms with Gasteiger partial charge in [0.2, 0.25) is 0 Å². The van der Waals surface area contributed by atoms with Crippen LogP contribution in [0.5, 0.6) is 0 Å². The molecule has 0 atom stereocenters. The van der Waals surface area contributed by atoms with Crippen LogP contribution in [-0.4, -0.2) is 13.1 Å². The van der Waals surface area contributed by atoms with E-state index in [9.17, 15) is 4.80 Å². The van der Waals surface area contributed by atoms with Gasteiger partial charge in [-0.25, -0.2) is 0 Å². The van der Waals surface area contributed by atoms with Gasteiger partial charge in [0.15, 0.2) is 0 Å². The average molecular weight is 349 g/mol. The second-order valence-corrected chi connectivity index (χ2v) is 11.5. The third-order valence-electron chi connectivity index (χ3n) is 5.48. The number of rotatable bonds is 4. The predicted octanol–water partition coefficient (Wildman–Crippen LogP) is 4.58. The lowest BCUT2D eigenvalue weighted by molar-refractivity contribution is 0.521. The van der Waals surface area contributed by atoms with Crippen LogP contribution in [0.25, 0.3) is 0 Å². The summed E-state index contributed by atoms with van der Waals surface area (Å²) in [6, 6.07) is 20.4. The van der Waals surface area contributed by atoms with Crippen LogP contribution in [0.4, 0.5) is 0 Å². The number of allylic oxidation sites excluding steroid dienone is 3. The van der Waals surface area contributed by atoms with Crippen LogP contribution in [0.3, 0.4) is 0 Å². The van der Waals surface area contributed by atoms with Crippen LogP contribution in [0.1, 0.15) is 39.5 Å². The summed E-state index contributed by atoms with van der Waals surface area (Å²) >= 11 is 0. The molecule has 0 aliphatic heterocycles. The molecule has 0 spiro atoms. The molecule has 1 aliphatic carbocycles. The smallest absolute Gasteiger partial charge is 0.262 e. The molecule has 2 aromatic rings. The summed E-state index contributed by atoms with van der Waals surface area (Å²) in [5, 5.41) is 1.79. The van der Waals surface area contributed by atoms with Crippen LogP contribution in [0.15, 0.2) is 84.5 Å². The van der Waals surface area contributed by atoms with Crippen LogP contribution in [-0.2, 0) is 0 Å². The number of hydrogen-bond donors (Lipinski definition) is 1. The molecular weight excluding hydrogens is 320 g/mol. The molecule has 0 amide bonds. The Balaban J connectivity index is 2.14. The molecule has 0 aromatic heterocycles. The Bertz CT molecular complexity index is 720. The van der Waals surface area contributed by atoms with E-state index in [0.29, 0.717) is 0 Å². The van der Waals surface area contributed by atoms with E-state index >= 15 is 0 Å². The summed E-state index contributed by atoms with van der Waals surface area (Å²) in [5.74, 6) is 0. The normalized spacial score (nSPS) is 17.7. The average Bonchev–Trinajstić information content (AvgIpc) is 2.64. The van der Waals surface area contributed by atoms with Gasteiger partial charge in [0.1, 0.15) is 0 Å². The van der Waals surface area contributed by atoms with Crippen molar-refractivity contribution < 1.29 is 4.80 Å². The minimum Gasteiger partial charge on any atom is -0.423 e. The summed E-state index contributed by atoms with van der Waals surface area (Å²) < 4.78 is 0. The second kappa shape index (κ2) is 7.15. The largest absolute Gasteiger partial charge is 0.423 e. The molecule has 0 bridgehead atoms. The lowest BCUT2D eigenvalue weighted by atomic mass is 9.88. The molecule has 2 aromatic carbocycles. The maximum absolute atomic E-state index is 12.2. The molecular formula is C23H28OSi. The highest BCUT2D eigenvalue weighted by Gasteiger charge is 2.49. The van der Waals surface area contributed by atoms with Gasteiger partial charge in [0.05, 0.1) is 0 Å². The summed E-state index contributed by atoms with van der Waals surface area (Å²) in [4.78, 5) is 12.2. The van der Waals surface area contributed by atoms with Crippen molar-refractivity contribution in [1.29, 1.82) is 0 Å². The molecule has 0 saturated heterocycles. The minimum atomic E-state index is -2.96. The fourth-order valence-electron chi connectivity index (χ4n) is 3.97. The number of hydrogen-bond acceptors (Lipinski definition) is 1. The van der Waals surface area contributed by atoms with Crippen LogP contribution < -0.4 is 10.4 Å². The van der Waals surface area contributed by atoms with Crippen molar-refractivity contribution in [3.63, 3.8) is 0 Å². The molecule has 1 nitrogen and oxygen atoms in total. The highest BCUT2D eigenvalue weighted by atomic mass is 28.4. The second-order valence-electron chi connectivity index (χ2n) is 7.64. The van der Waals surface area contributed by atoms with Crippen LogP contribution in [0.2, 0.25) is 5.04 Å². The molecule has 0 heterocycles. The first-order valence-corrected chi connectivity index (χ1v) is 11.1. The van der Waals surface area contributed by atoms with Crippen molar-refractivity contribution in [3.8, 4) is 0 Å². The zero-order valence-electron chi connectivity index (χ0n) is 15.3. The first kappa shape index (κ1) is 17.9. The van der Waals surface area contributed by atoms with E-state index in [0.717, 1.165) is 23.2 Å². The third kappa shape index (κ3) is 3.42. The monoisotopic (exact) mass is 348 g/mol. The quantitative estimate of drug-likeness (QED) is 0.802. The Morgan fingerprint density at radius 2 is 1.36 bits per heavy atom. The van der Waals surface area contributed by atoms with E-state index in [1.165, 1.54) is 24.0 Å². The molecule has 3 rings (SSSR count). The fraction of sp³-hybridized carbons (Fsp3) is 0.304. The van der Waals surface area contributed by atoms with Crippen molar-refractivity contribution in [2.75, 3.05) is 0 Å². The van der Waals surface area contributed by atoms with E-state index in [-0.39, 0.29) is 5.04 Å². The van der Waals surface area contributed by atoms with E-state index < -0.39 is 8.32 Å². The highest BCUT2D eigenvalue weighted by Crippen LogP contribution is 2.41. The zero-order valence-corrected chi connectivity index (χ0v) is 16.3. The molecule has 1 aliphatic rings. The van der Waals surface area contributed by atoms with E-state index in [1.807, 2.05) is 36.4 Å². The maximum Gasteiger partial charge on any atom is 0.262 e. The molecule has 2 heteroatoms. The lowest BCUT2D eigenvalue weighted by Gasteiger charge is -2.40. The van der Waals surface area contributed by atoms with E-state index in [1.54, 1.807) is 0 Å². The topological polar surface area (TPSA) is 20.2 Å². The molecule has 0 unspecified atom stereocenters. The molecule has 0 radical (unpaired) electrons. The van der Waals surface area contributed by atoms with Gasteiger partial charge in [-0.15, -0.1) is 0 Å².